The first-order valence-electron chi connectivity index (χ1n) is 6.37. The van der Waals surface area contributed by atoms with Crippen molar-refractivity contribution in [1.82, 2.24) is 10.3 Å². The summed E-state index contributed by atoms with van der Waals surface area (Å²) in [6.45, 7) is 2.97. The second kappa shape index (κ2) is 5.82. The number of anilines is 1. The minimum atomic E-state index is -0.300. The molecule has 1 saturated carbocycles. The number of carbonyl (C=O) groups is 1. The summed E-state index contributed by atoms with van der Waals surface area (Å²) >= 11 is 0. The Bertz CT molecular complexity index is 418. The molecular formula is C13H19N3O2. The van der Waals surface area contributed by atoms with Gasteiger partial charge in [-0.3, -0.25) is 9.78 Å². The molecule has 1 heterocycles. The summed E-state index contributed by atoms with van der Waals surface area (Å²) in [7, 11) is 0. The number of aliphatic hydroxyl groups is 1. The van der Waals surface area contributed by atoms with Crippen LogP contribution in [0.2, 0.25) is 0 Å². The van der Waals surface area contributed by atoms with Crippen LogP contribution >= 0.6 is 0 Å². The summed E-state index contributed by atoms with van der Waals surface area (Å²) in [5.74, 6) is 0.270. The van der Waals surface area contributed by atoms with Gasteiger partial charge in [-0.05, 0) is 37.8 Å². The third-order valence-electron chi connectivity index (χ3n) is 3.01. The van der Waals surface area contributed by atoms with E-state index in [1.54, 1.807) is 18.3 Å². The topological polar surface area (TPSA) is 74.2 Å². The number of hydrogen-bond donors (Lipinski definition) is 3. The van der Waals surface area contributed by atoms with Crippen LogP contribution in [0.25, 0.3) is 0 Å². The molecule has 18 heavy (non-hydrogen) atoms. The van der Waals surface area contributed by atoms with E-state index in [0.29, 0.717) is 24.7 Å². The van der Waals surface area contributed by atoms with Crippen molar-refractivity contribution in [2.45, 2.75) is 25.9 Å². The van der Waals surface area contributed by atoms with Gasteiger partial charge in [0.05, 0.1) is 6.10 Å². The first-order chi connectivity index (χ1) is 8.70. The summed E-state index contributed by atoms with van der Waals surface area (Å²) in [5.41, 5.74) is 1.20. The average molecular weight is 249 g/mol. The fraction of sp³-hybridized carbons (Fsp3) is 0.538. The Morgan fingerprint density at radius 1 is 1.61 bits per heavy atom. The van der Waals surface area contributed by atoms with E-state index in [9.17, 15) is 9.90 Å². The number of nitrogens with one attached hydrogen (secondary N) is 2. The summed E-state index contributed by atoms with van der Waals surface area (Å²) in [4.78, 5) is 15.6. The van der Waals surface area contributed by atoms with Crippen molar-refractivity contribution in [3.05, 3.63) is 24.0 Å². The maximum atomic E-state index is 11.6. The number of hydrogen-bond acceptors (Lipinski definition) is 4. The van der Waals surface area contributed by atoms with E-state index in [0.717, 1.165) is 18.5 Å². The van der Waals surface area contributed by atoms with Crippen molar-refractivity contribution in [2.24, 2.45) is 5.92 Å². The number of amides is 1. The zero-order chi connectivity index (χ0) is 13.0. The van der Waals surface area contributed by atoms with Crippen molar-refractivity contribution in [1.29, 1.82) is 0 Å². The predicted molar refractivity (Wildman–Crippen MR) is 69.5 cm³/mol. The quantitative estimate of drug-likeness (QED) is 0.703. The van der Waals surface area contributed by atoms with Gasteiger partial charge in [0, 0.05) is 25.0 Å². The van der Waals surface area contributed by atoms with Gasteiger partial charge in [0.1, 0.15) is 5.69 Å². The molecule has 1 aromatic rings. The number of aromatic nitrogens is 1. The van der Waals surface area contributed by atoms with Crippen molar-refractivity contribution in [2.75, 3.05) is 18.4 Å². The van der Waals surface area contributed by atoms with Crippen LogP contribution in [-0.4, -0.2) is 35.2 Å². The number of nitrogens with zero attached hydrogens (tertiary/aromatic N) is 1. The van der Waals surface area contributed by atoms with Crippen LogP contribution in [0.3, 0.4) is 0 Å². The summed E-state index contributed by atoms with van der Waals surface area (Å²) in [6, 6.07) is 3.49. The van der Waals surface area contributed by atoms with Gasteiger partial charge >= 0.3 is 0 Å². The van der Waals surface area contributed by atoms with Crippen LogP contribution in [0.5, 0.6) is 0 Å². The van der Waals surface area contributed by atoms with Gasteiger partial charge in [-0.1, -0.05) is 0 Å². The lowest BCUT2D eigenvalue weighted by Gasteiger charge is -2.12. The van der Waals surface area contributed by atoms with Crippen molar-refractivity contribution < 1.29 is 9.90 Å². The largest absolute Gasteiger partial charge is 0.391 e. The van der Waals surface area contributed by atoms with Gasteiger partial charge in [-0.25, -0.2) is 0 Å². The molecule has 0 aliphatic heterocycles. The molecule has 0 spiro atoms. The monoisotopic (exact) mass is 249 g/mol. The molecule has 1 amide bonds. The molecule has 1 aliphatic carbocycles. The van der Waals surface area contributed by atoms with E-state index in [1.165, 1.54) is 0 Å². The molecule has 0 bridgehead atoms. The second-order valence-electron chi connectivity index (χ2n) is 4.57. The van der Waals surface area contributed by atoms with E-state index < -0.39 is 0 Å². The Morgan fingerprint density at radius 3 is 3.06 bits per heavy atom. The molecule has 1 aliphatic rings. The van der Waals surface area contributed by atoms with Gasteiger partial charge in [-0.2, -0.15) is 0 Å². The summed E-state index contributed by atoms with van der Waals surface area (Å²) in [6.07, 6.45) is 3.52. The molecule has 1 fully saturated rings. The zero-order valence-electron chi connectivity index (χ0n) is 10.5. The minimum absolute atomic E-state index is 0.177. The van der Waals surface area contributed by atoms with E-state index in [-0.39, 0.29) is 12.0 Å². The average Bonchev–Trinajstić information content (AvgIpc) is 3.21. The number of carbonyl (C=O) groups excluding carboxylic acids is 1. The number of aliphatic hydroxyl groups excluding tert-OH is 1. The molecule has 98 valence electrons. The lowest BCUT2D eigenvalue weighted by Crippen LogP contribution is -2.24. The number of pyridine rings is 1. The minimum Gasteiger partial charge on any atom is -0.391 e. The highest BCUT2D eigenvalue weighted by molar-refractivity contribution is 5.93. The van der Waals surface area contributed by atoms with Crippen LogP contribution in [0.15, 0.2) is 18.3 Å². The fourth-order valence-electron chi connectivity index (χ4n) is 1.79. The third kappa shape index (κ3) is 3.43. The van der Waals surface area contributed by atoms with E-state index in [2.05, 4.69) is 15.6 Å². The molecule has 0 saturated heterocycles. The van der Waals surface area contributed by atoms with Crippen LogP contribution < -0.4 is 10.6 Å². The van der Waals surface area contributed by atoms with Crippen LogP contribution in [0.1, 0.15) is 30.3 Å². The molecular weight excluding hydrogens is 230 g/mol. The first kappa shape index (κ1) is 12.8. The first-order valence-corrected chi connectivity index (χ1v) is 6.37. The van der Waals surface area contributed by atoms with E-state index in [4.69, 9.17) is 0 Å². The molecule has 0 radical (unpaired) electrons. The van der Waals surface area contributed by atoms with Crippen LogP contribution in [-0.2, 0) is 0 Å². The molecule has 0 aromatic carbocycles. The van der Waals surface area contributed by atoms with Crippen molar-refractivity contribution in [3.63, 3.8) is 0 Å². The van der Waals surface area contributed by atoms with E-state index >= 15 is 0 Å². The lowest BCUT2D eigenvalue weighted by molar-refractivity contribution is 0.0951. The van der Waals surface area contributed by atoms with Crippen LogP contribution in [0.4, 0.5) is 5.69 Å². The summed E-state index contributed by atoms with van der Waals surface area (Å²) < 4.78 is 0. The Labute approximate surface area is 107 Å². The van der Waals surface area contributed by atoms with Gasteiger partial charge in [0.25, 0.3) is 5.91 Å². The molecule has 1 unspecified atom stereocenters. The maximum absolute atomic E-state index is 11.6. The third-order valence-corrected chi connectivity index (χ3v) is 3.01. The smallest absolute Gasteiger partial charge is 0.269 e. The van der Waals surface area contributed by atoms with Gasteiger partial charge in [0.15, 0.2) is 0 Å². The molecule has 1 atom stereocenters. The molecule has 1 aromatic heterocycles. The van der Waals surface area contributed by atoms with Crippen LogP contribution in [0, 0.1) is 5.92 Å². The molecule has 2 rings (SSSR count). The fourth-order valence-corrected chi connectivity index (χ4v) is 1.79. The normalized spacial score (nSPS) is 16.1. The van der Waals surface area contributed by atoms with Crippen molar-refractivity contribution in [3.8, 4) is 0 Å². The molecule has 3 N–H and O–H groups in total. The standard InChI is InChI=1S/C13H19N3O2/c1-2-14-13(18)11-7-10(5-6-15-11)16-8-12(17)9-3-4-9/h5-7,9,12,17H,2-4,8H2,1H3,(H,14,18)(H,15,16). The van der Waals surface area contributed by atoms with Crippen molar-refractivity contribution >= 4 is 11.6 Å². The highest BCUT2D eigenvalue weighted by atomic mass is 16.3. The molecule has 5 nitrogen and oxygen atoms in total. The van der Waals surface area contributed by atoms with E-state index in [1.807, 2.05) is 6.92 Å². The Hall–Kier alpha value is -1.62. The highest BCUT2D eigenvalue weighted by Crippen LogP contribution is 2.32. The highest BCUT2D eigenvalue weighted by Gasteiger charge is 2.29. The SMILES string of the molecule is CCNC(=O)c1cc(NCC(O)C2CC2)ccn1. The van der Waals surface area contributed by atoms with Gasteiger partial charge in [-0.15, -0.1) is 0 Å². The maximum Gasteiger partial charge on any atom is 0.269 e. The lowest BCUT2D eigenvalue weighted by atomic mass is 10.2. The molecule has 5 heteroatoms. The van der Waals surface area contributed by atoms with Gasteiger partial charge in [0.2, 0.25) is 0 Å². The summed E-state index contributed by atoms with van der Waals surface area (Å²) in [5, 5.41) is 15.6. The predicted octanol–water partition coefficient (Wildman–Crippen LogP) is 1.01. The number of rotatable bonds is 6. The Balaban J connectivity index is 1.91. The Kier molecular flexibility index (Phi) is 4.15. The zero-order valence-corrected chi connectivity index (χ0v) is 10.5. The Morgan fingerprint density at radius 2 is 2.39 bits per heavy atom. The second-order valence-corrected chi connectivity index (χ2v) is 4.57. The van der Waals surface area contributed by atoms with Gasteiger partial charge < -0.3 is 15.7 Å².